The lowest BCUT2D eigenvalue weighted by Gasteiger charge is -2.23. The van der Waals surface area contributed by atoms with Crippen molar-refractivity contribution in [2.75, 3.05) is 14.2 Å². The molecular formula is C26H12F12I2O14S4. The van der Waals surface area contributed by atoms with Gasteiger partial charge in [-0.05, 0) is 69.4 Å². The van der Waals surface area contributed by atoms with Crippen LogP contribution in [-0.4, -0.2) is 69.9 Å². The number of hydrogen-bond acceptors (Lipinski definition) is 14. The van der Waals surface area contributed by atoms with Crippen LogP contribution in [-0.2, 0) is 40.5 Å². The lowest BCUT2D eigenvalue weighted by molar-refractivity contribution is -0.0506. The lowest BCUT2D eigenvalue weighted by atomic mass is 9.91. The zero-order valence-electron chi connectivity index (χ0n) is 27.1. The zero-order valence-corrected chi connectivity index (χ0v) is 34.7. The molecule has 0 heterocycles. The van der Waals surface area contributed by atoms with E-state index in [-0.39, 0.29) is 19.3 Å². The largest absolute Gasteiger partial charge is 0.534 e. The van der Waals surface area contributed by atoms with Gasteiger partial charge in [-0.15, -0.1) is 0 Å². The van der Waals surface area contributed by atoms with Gasteiger partial charge in [0.05, 0.1) is 14.2 Å². The van der Waals surface area contributed by atoms with E-state index in [1.165, 1.54) is 45.2 Å². The van der Waals surface area contributed by atoms with Gasteiger partial charge in [-0.25, -0.2) is 0 Å². The van der Waals surface area contributed by atoms with E-state index in [0.717, 1.165) is 26.4 Å². The molecule has 4 aromatic rings. The Morgan fingerprint density at radius 2 is 0.672 bits per heavy atom. The van der Waals surface area contributed by atoms with Crippen molar-refractivity contribution in [3.05, 3.63) is 43.5 Å². The van der Waals surface area contributed by atoms with Gasteiger partial charge in [0.2, 0.25) is 0 Å². The molecule has 4 rings (SSSR count). The van der Waals surface area contributed by atoms with Gasteiger partial charge in [0.25, 0.3) is 0 Å². The third-order valence-electron chi connectivity index (χ3n) is 6.81. The molecule has 58 heavy (non-hydrogen) atoms. The Hall–Kier alpha value is -3.38. The normalized spacial score (nSPS) is 13.7. The fourth-order valence-corrected chi connectivity index (χ4v) is 7.80. The first kappa shape index (κ1) is 47.3. The van der Waals surface area contributed by atoms with Crippen molar-refractivity contribution in [3.63, 3.8) is 0 Å². The number of rotatable bonds is 11. The molecule has 4 aromatic carbocycles. The molecule has 32 heteroatoms. The van der Waals surface area contributed by atoms with Gasteiger partial charge in [0, 0.05) is 51.9 Å². The van der Waals surface area contributed by atoms with Gasteiger partial charge in [-0.2, -0.15) is 86.4 Å². The molecule has 322 valence electrons. The molecule has 0 saturated carbocycles. The summed E-state index contributed by atoms with van der Waals surface area (Å²) in [6.45, 7) is 0. The second kappa shape index (κ2) is 15.3. The van der Waals surface area contributed by atoms with E-state index in [1.807, 2.05) is 0 Å². The van der Waals surface area contributed by atoms with E-state index in [1.54, 1.807) is 0 Å². The standard InChI is InChI=1S/C26H12F12I2O14S4/c1-49-15-7-13(39)11-3-9(51-55(41,42)23(27,28)29)5-17(53-57(45,46)25(33,34)35)19(11)21(15)22-16(50-2)8-14(40)12-4-10(52-56(43,44)24(30,31)32)6-18(20(12)22)54-58(47,48)26(36,37)38/h3-8H,1-2H3. The molecule has 0 aliphatic rings. The molecule has 0 radical (unpaired) electrons. The van der Waals surface area contributed by atoms with Crippen LogP contribution in [0.1, 0.15) is 0 Å². The van der Waals surface area contributed by atoms with Gasteiger partial charge in [-0.3, -0.25) is 0 Å². The van der Waals surface area contributed by atoms with Crippen LogP contribution in [0.25, 0.3) is 32.7 Å². The molecule has 0 fully saturated rings. The van der Waals surface area contributed by atoms with Crippen LogP contribution < -0.4 is 26.2 Å². The number of benzene rings is 4. The summed E-state index contributed by atoms with van der Waals surface area (Å²) in [6, 6.07) is 2.22. The highest BCUT2D eigenvalue weighted by molar-refractivity contribution is 14.1. The van der Waals surface area contributed by atoms with Crippen LogP contribution in [0.5, 0.6) is 34.5 Å². The third kappa shape index (κ3) is 9.03. The Balaban J connectivity index is 2.37. The Kier molecular flexibility index (Phi) is 12.4. The van der Waals surface area contributed by atoms with Crippen molar-refractivity contribution in [1.29, 1.82) is 0 Å². The minimum atomic E-state index is -6.91. The van der Waals surface area contributed by atoms with Crippen molar-refractivity contribution < 1.29 is 113 Å². The van der Waals surface area contributed by atoms with Gasteiger partial charge in [0.1, 0.15) is 23.0 Å². The van der Waals surface area contributed by atoms with Crippen LogP contribution in [0.3, 0.4) is 0 Å². The minimum Gasteiger partial charge on any atom is -0.496 e. The second-order valence-corrected chi connectivity index (χ2v) is 19.0. The summed E-state index contributed by atoms with van der Waals surface area (Å²) in [5.41, 5.74) is -26.9. The fourth-order valence-electron chi connectivity index (χ4n) is 4.57. The number of hydrogen-bond donors (Lipinski definition) is 0. The minimum absolute atomic E-state index is 0.116. The first-order valence-electron chi connectivity index (χ1n) is 13.7. The molecule has 0 bridgehead atoms. The average Bonchev–Trinajstić information content (AvgIpc) is 3.02. The van der Waals surface area contributed by atoms with E-state index < -0.39 is 130 Å². The average molecular weight is 1160 g/mol. The number of alkyl halides is 12. The molecule has 0 unspecified atom stereocenters. The molecule has 0 aliphatic carbocycles. The topological polar surface area (TPSA) is 192 Å². The van der Waals surface area contributed by atoms with E-state index >= 15 is 0 Å². The maximum Gasteiger partial charge on any atom is 0.534 e. The predicted molar refractivity (Wildman–Crippen MR) is 188 cm³/mol. The Morgan fingerprint density at radius 3 is 0.914 bits per heavy atom. The summed E-state index contributed by atoms with van der Waals surface area (Å²) in [7, 11) is -25.5. The van der Waals surface area contributed by atoms with Crippen molar-refractivity contribution in [3.8, 4) is 45.6 Å². The van der Waals surface area contributed by atoms with Crippen LogP contribution in [0.15, 0.2) is 36.4 Å². The second-order valence-electron chi connectivity index (χ2n) is 10.5. The summed E-state index contributed by atoms with van der Waals surface area (Å²) in [6.07, 6.45) is 0. The molecule has 14 nitrogen and oxygen atoms in total. The van der Waals surface area contributed by atoms with Gasteiger partial charge < -0.3 is 26.2 Å². The molecule has 0 saturated heterocycles. The summed E-state index contributed by atoms with van der Waals surface area (Å²) in [5, 5.41) is -3.71. The number of methoxy groups -OCH3 is 2. The van der Waals surface area contributed by atoms with Crippen molar-refractivity contribution >= 4 is 107 Å². The van der Waals surface area contributed by atoms with Crippen molar-refractivity contribution in [2.24, 2.45) is 0 Å². The molecule has 0 amide bonds. The van der Waals surface area contributed by atoms with Gasteiger partial charge in [-0.1, -0.05) is 0 Å². The number of halogens is 14. The van der Waals surface area contributed by atoms with E-state index in [2.05, 4.69) is 16.7 Å². The zero-order chi connectivity index (χ0) is 44.6. The quantitative estimate of drug-likeness (QED) is 0.0612. The van der Waals surface area contributed by atoms with Crippen LogP contribution >= 0.6 is 45.2 Å². The Bertz CT molecular complexity index is 2600. The number of ether oxygens (including phenoxy) is 2. The van der Waals surface area contributed by atoms with E-state index in [9.17, 15) is 86.4 Å². The van der Waals surface area contributed by atoms with Crippen LogP contribution in [0.2, 0.25) is 0 Å². The lowest BCUT2D eigenvalue weighted by Crippen LogP contribution is -2.29. The van der Waals surface area contributed by atoms with E-state index in [4.69, 9.17) is 9.47 Å². The highest BCUT2D eigenvalue weighted by Gasteiger charge is 2.52. The van der Waals surface area contributed by atoms with Crippen molar-refractivity contribution in [1.82, 2.24) is 0 Å². The highest BCUT2D eigenvalue weighted by Crippen LogP contribution is 2.54. The maximum atomic E-state index is 13.7. The SMILES string of the molecule is COc1cc(I)c2cc(OS(=O)(=O)C(F)(F)F)cc(OS(=O)(=O)C(F)(F)F)c2c1-c1c(OC)cc(I)c2cc(OS(=O)(=O)C(F)(F)F)cc(OS(=O)(=O)C(F)(F)F)c12. The molecule has 0 spiro atoms. The molecule has 0 aliphatic heterocycles. The summed E-state index contributed by atoms with van der Waals surface area (Å²) in [5.74, 6) is -8.01. The van der Waals surface area contributed by atoms with E-state index in [0.29, 0.717) is 12.1 Å². The summed E-state index contributed by atoms with van der Waals surface area (Å²) >= 11 is 2.64. The first-order valence-corrected chi connectivity index (χ1v) is 21.5. The summed E-state index contributed by atoms with van der Waals surface area (Å²) in [4.78, 5) is 0. The van der Waals surface area contributed by atoms with Crippen molar-refractivity contribution in [2.45, 2.75) is 22.0 Å². The smallest absolute Gasteiger partial charge is 0.496 e. The Labute approximate surface area is 343 Å². The molecule has 0 atom stereocenters. The van der Waals surface area contributed by atoms with Crippen LogP contribution in [0.4, 0.5) is 52.7 Å². The highest BCUT2D eigenvalue weighted by atomic mass is 127. The third-order valence-corrected chi connectivity index (χ3v) is 12.5. The fraction of sp³-hybridized carbons (Fsp3) is 0.231. The number of fused-ring (bicyclic) bond motifs is 2. The Morgan fingerprint density at radius 1 is 0.414 bits per heavy atom. The molecule has 0 N–H and O–H groups in total. The molecule has 0 aromatic heterocycles. The van der Waals surface area contributed by atoms with Gasteiger partial charge >= 0.3 is 62.5 Å². The maximum absolute atomic E-state index is 13.7. The van der Waals surface area contributed by atoms with Crippen LogP contribution in [0, 0.1) is 7.14 Å². The molecular weight excluding hydrogens is 1150 g/mol. The first-order chi connectivity index (χ1) is 26.0. The monoisotopic (exact) mass is 1160 g/mol. The predicted octanol–water partition coefficient (Wildman–Crippen LogP) is 7.80. The van der Waals surface area contributed by atoms with Gasteiger partial charge in [0.15, 0.2) is 11.5 Å². The summed E-state index contributed by atoms with van der Waals surface area (Å²) < 4.78 is 285.